The van der Waals surface area contributed by atoms with Crippen LogP contribution in [0.3, 0.4) is 0 Å². The van der Waals surface area contributed by atoms with Crippen molar-refractivity contribution in [3.63, 3.8) is 0 Å². The van der Waals surface area contributed by atoms with Crippen LogP contribution in [-0.4, -0.2) is 17.7 Å². The predicted octanol–water partition coefficient (Wildman–Crippen LogP) is 3.90. The van der Waals surface area contributed by atoms with Gasteiger partial charge in [-0.3, -0.25) is 4.79 Å². The zero-order valence-electron chi connectivity index (χ0n) is 15.3. The summed E-state index contributed by atoms with van der Waals surface area (Å²) in [6, 6.07) is 19.8. The summed E-state index contributed by atoms with van der Waals surface area (Å²) < 4.78 is 5.64. The lowest BCUT2D eigenvalue weighted by atomic mass is 9.98. The summed E-state index contributed by atoms with van der Waals surface area (Å²) in [5, 5.41) is 2.99. The SMILES string of the molecule is O=C(NC1(c2ccc(=O)[nH]c2)CC1)OCC1c2ccccc2-c2ccccc21. The van der Waals surface area contributed by atoms with E-state index in [-0.39, 0.29) is 11.5 Å². The van der Waals surface area contributed by atoms with Crippen LogP contribution in [0.5, 0.6) is 0 Å². The van der Waals surface area contributed by atoms with Gasteiger partial charge in [0.1, 0.15) is 6.61 Å². The number of alkyl carbamates (subject to hydrolysis) is 1. The van der Waals surface area contributed by atoms with Crippen molar-refractivity contribution in [2.75, 3.05) is 6.61 Å². The van der Waals surface area contributed by atoms with Gasteiger partial charge in [0, 0.05) is 18.2 Å². The van der Waals surface area contributed by atoms with Gasteiger partial charge in [-0.1, -0.05) is 48.5 Å². The highest BCUT2D eigenvalue weighted by Gasteiger charge is 2.46. The number of hydrogen-bond acceptors (Lipinski definition) is 3. The van der Waals surface area contributed by atoms with E-state index in [1.165, 1.54) is 28.3 Å². The van der Waals surface area contributed by atoms with Crippen LogP contribution in [0.2, 0.25) is 0 Å². The first-order valence-electron chi connectivity index (χ1n) is 9.49. The number of pyridine rings is 1. The Bertz CT molecular complexity index is 1050. The lowest BCUT2D eigenvalue weighted by Gasteiger charge is -2.19. The van der Waals surface area contributed by atoms with E-state index in [0.717, 1.165) is 18.4 Å². The number of aromatic nitrogens is 1. The van der Waals surface area contributed by atoms with E-state index in [4.69, 9.17) is 4.74 Å². The number of fused-ring (bicyclic) bond motifs is 3. The molecule has 3 aromatic rings. The molecule has 0 bridgehead atoms. The summed E-state index contributed by atoms with van der Waals surface area (Å²) in [4.78, 5) is 26.5. The number of nitrogens with one attached hydrogen (secondary N) is 2. The molecule has 1 amide bonds. The molecule has 0 radical (unpaired) electrons. The van der Waals surface area contributed by atoms with Crippen LogP contribution in [0, 0.1) is 0 Å². The Morgan fingerprint density at radius 3 is 2.21 bits per heavy atom. The van der Waals surface area contributed by atoms with Gasteiger partial charge in [-0.2, -0.15) is 0 Å². The first kappa shape index (κ1) is 16.8. The lowest BCUT2D eigenvalue weighted by Crippen LogP contribution is -2.36. The van der Waals surface area contributed by atoms with Crippen LogP contribution in [-0.2, 0) is 10.3 Å². The van der Waals surface area contributed by atoms with E-state index < -0.39 is 11.6 Å². The molecule has 5 heteroatoms. The molecule has 0 saturated heterocycles. The lowest BCUT2D eigenvalue weighted by molar-refractivity contribution is 0.137. The molecular formula is C23H20N2O3. The molecule has 2 aromatic carbocycles. The van der Waals surface area contributed by atoms with Crippen molar-refractivity contribution in [2.24, 2.45) is 0 Å². The number of carbonyl (C=O) groups excluding carboxylic acids is 1. The number of hydrogen-bond donors (Lipinski definition) is 2. The zero-order chi connectivity index (χ0) is 19.1. The van der Waals surface area contributed by atoms with Crippen molar-refractivity contribution in [3.8, 4) is 11.1 Å². The van der Waals surface area contributed by atoms with Gasteiger partial charge >= 0.3 is 6.09 Å². The first-order valence-corrected chi connectivity index (χ1v) is 9.49. The fourth-order valence-corrected chi connectivity index (χ4v) is 4.15. The molecule has 0 aliphatic heterocycles. The maximum atomic E-state index is 12.5. The summed E-state index contributed by atoms with van der Waals surface area (Å²) in [6.45, 7) is 0.293. The Labute approximate surface area is 162 Å². The second-order valence-electron chi connectivity index (χ2n) is 7.47. The third-order valence-corrected chi connectivity index (χ3v) is 5.77. The molecule has 1 heterocycles. The van der Waals surface area contributed by atoms with E-state index in [9.17, 15) is 9.59 Å². The maximum Gasteiger partial charge on any atom is 0.407 e. The smallest absolute Gasteiger partial charge is 0.407 e. The largest absolute Gasteiger partial charge is 0.449 e. The fraction of sp³-hybridized carbons (Fsp3) is 0.217. The normalized spacial score (nSPS) is 16.1. The quantitative estimate of drug-likeness (QED) is 0.730. The molecule has 1 saturated carbocycles. The van der Waals surface area contributed by atoms with Crippen LogP contribution in [0.25, 0.3) is 11.1 Å². The molecule has 140 valence electrons. The molecule has 2 aliphatic carbocycles. The highest BCUT2D eigenvalue weighted by molar-refractivity contribution is 5.79. The molecule has 1 fully saturated rings. The Hall–Kier alpha value is -3.34. The van der Waals surface area contributed by atoms with Crippen LogP contribution in [0.4, 0.5) is 4.79 Å². The number of carbonyl (C=O) groups is 1. The molecule has 0 unspecified atom stereocenters. The summed E-state index contributed by atoms with van der Waals surface area (Å²) in [6.07, 6.45) is 2.91. The van der Waals surface area contributed by atoms with E-state index in [1.54, 1.807) is 12.3 Å². The monoisotopic (exact) mass is 372 g/mol. The van der Waals surface area contributed by atoms with Crippen LogP contribution < -0.4 is 10.9 Å². The Morgan fingerprint density at radius 2 is 1.64 bits per heavy atom. The summed E-state index contributed by atoms with van der Waals surface area (Å²) >= 11 is 0. The van der Waals surface area contributed by atoms with Crippen molar-refractivity contribution >= 4 is 6.09 Å². The molecular weight excluding hydrogens is 352 g/mol. The fourth-order valence-electron chi connectivity index (χ4n) is 4.15. The molecule has 2 N–H and O–H groups in total. The van der Waals surface area contributed by atoms with Crippen LogP contribution in [0.15, 0.2) is 71.7 Å². The number of aromatic amines is 1. The minimum absolute atomic E-state index is 0.0429. The number of ether oxygens (including phenoxy) is 1. The van der Waals surface area contributed by atoms with E-state index in [0.29, 0.717) is 6.61 Å². The highest BCUT2D eigenvalue weighted by atomic mass is 16.5. The standard InChI is InChI=1S/C23H20N2O3/c26-21-10-9-15(13-24-21)23(11-12-23)25-22(27)28-14-20-18-7-3-1-5-16(18)17-6-2-4-8-19(17)20/h1-10,13,20H,11-12,14H2,(H,24,26)(H,25,27). The second-order valence-corrected chi connectivity index (χ2v) is 7.47. The van der Waals surface area contributed by atoms with E-state index in [1.807, 2.05) is 24.3 Å². The number of H-pyrrole nitrogens is 1. The van der Waals surface area contributed by atoms with Gasteiger partial charge in [0.2, 0.25) is 5.56 Å². The third kappa shape index (κ3) is 2.80. The van der Waals surface area contributed by atoms with E-state index >= 15 is 0 Å². The van der Waals surface area contributed by atoms with E-state index in [2.05, 4.69) is 34.6 Å². The number of amides is 1. The van der Waals surface area contributed by atoms with Gasteiger partial charge in [-0.05, 0) is 46.7 Å². The van der Waals surface area contributed by atoms with Gasteiger partial charge in [0.15, 0.2) is 0 Å². The Kier molecular flexibility index (Phi) is 3.83. The summed E-state index contributed by atoms with van der Waals surface area (Å²) in [7, 11) is 0. The van der Waals surface area contributed by atoms with Crippen molar-refractivity contribution in [1.82, 2.24) is 10.3 Å². The van der Waals surface area contributed by atoms with Crippen molar-refractivity contribution in [1.29, 1.82) is 0 Å². The molecule has 0 atom stereocenters. The summed E-state index contributed by atoms with van der Waals surface area (Å²) in [5.41, 5.74) is 5.13. The van der Waals surface area contributed by atoms with Crippen molar-refractivity contribution in [3.05, 3.63) is 93.9 Å². The van der Waals surface area contributed by atoms with Gasteiger partial charge < -0.3 is 15.0 Å². The molecule has 0 spiro atoms. The molecule has 1 aromatic heterocycles. The average Bonchev–Trinajstić information content (AvgIpc) is 3.42. The molecule has 2 aliphatic rings. The predicted molar refractivity (Wildman–Crippen MR) is 106 cm³/mol. The molecule has 5 nitrogen and oxygen atoms in total. The third-order valence-electron chi connectivity index (χ3n) is 5.77. The Balaban J connectivity index is 1.31. The number of benzene rings is 2. The topological polar surface area (TPSA) is 71.2 Å². The van der Waals surface area contributed by atoms with Crippen molar-refractivity contribution in [2.45, 2.75) is 24.3 Å². The molecule has 28 heavy (non-hydrogen) atoms. The summed E-state index contributed by atoms with van der Waals surface area (Å²) in [5.74, 6) is 0.0429. The van der Waals surface area contributed by atoms with Gasteiger partial charge in [-0.15, -0.1) is 0 Å². The van der Waals surface area contributed by atoms with Gasteiger partial charge in [0.25, 0.3) is 0 Å². The minimum Gasteiger partial charge on any atom is -0.449 e. The van der Waals surface area contributed by atoms with Crippen molar-refractivity contribution < 1.29 is 9.53 Å². The molecule has 5 rings (SSSR count). The average molecular weight is 372 g/mol. The minimum atomic E-state index is -0.425. The van der Waals surface area contributed by atoms with Crippen LogP contribution >= 0.6 is 0 Å². The highest BCUT2D eigenvalue weighted by Crippen LogP contribution is 2.46. The first-order chi connectivity index (χ1) is 13.7. The maximum absolute atomic E-state index is 12.5. The zero-order valence-corrected chi connectivity index (χ0v) is 15.3. The Morgan fingerprint density at radius 1 is 1.00 bits per heavy atom. The number of rotatable bonds is 4. The van der Waals surface area contributed by atoms with Gasteiger partial charge in [0.05, 0.1) is 5.54 Å². The second kappa shape index (κ2) is 6.37. The van der Waals surface area contributed by atoms with Gasteiger partial charge in [-0.25, -0.2) is 4.79 Å². The van der Waals surface area contributed by atoms with Crippen LogP contribution in [0.1, 0.15) is 35.4 Å².